The summed E-state index contributed by atoms with van der Waals surface area (Å²) < 4.78 is 1.76. The van der Waals surface area contributed by atoms with Crippen molar-refractivity contribution in [3.05, 3.63) is 65.0 Å². The normalized spacial score (nSPS) is 12.5. The van der Waals surface area contributed by atoms with Gasteiger partial charge in [0.05, 0.1) is 6.04 Å². The number of hydrogen-bond acceptors (Lipinski definition) is 4. The average Bonchev–Trinajstić information content (AvgIpc) is 3.11. The lowest BCUT2D eigenvalue weighted by molar-refractivity contribution is 0.656. The van der Waals surface area contributed by atoms with E-state index in [1.807, 2.05) is 24.4 Å². The summed E-state index contributed by atoms with van der Waals surface area (Å²) >= 11 is 5.86. The van der Waals surface area contributed by atoms with E-state index in [2.05, 4.69) is 20.3 Å². The van der Waals surface area contributed by atoms with Crippen LogP contribution >= 0.6 is 11.6 Å². The molecule has 0 radical (unpaired) electrons. The molecule has 20 heavy (non-hydrogen) atoms. The maximum Gasteiger partial charge on any atom is 0.171 e. The molecule has 0 saturated heterocycles. The Morgan fingerprint density at radius 2 is 2.10 bits per heavy atom. The molecule has 0 unspecified atom stereocenters. The summed E-state index contributed by atoms with van der Waals surface area (Å²) in [5.41, 5.74) is 7.06. The summed E-state index contributed by atoms with van der Waals surface area (Å²) in [6.07, 6.45) is 3.58. The van der Waals surface area contributed by atoms with Crippen molar-refractivity contribution in [3.8, 4) is 0 Å². The minimum absolute atomic E-state index is 0.380. The Bertz CT molecular complexity index is 673. The third-order valence-electron chi connectivity index (χ3n) is 2.93. The third-order valence-corrected chi connectivity index (χ3v) is 3.18. The van der Waals surface area contributed by atoms with E-state index < -0.39 is 0 Å². The van der Waals surface area contributed by atoms with Crippen LogP contribution in [0.1, 0.15) is 23.3 Å². The van der Waals surface area contributed by atoms with Crippen LogP contribution in [0.15, 0.2) is 42.7 Å². The molecule has 7 heteroatoms. The topological polar surface area (TPSA) is 85.4 Å². The molecule has 0 saturated carbocycles. The van der Waals surface area contributed by atoms with Crippen LogP contribution in [0, 0.1) is 0 Å². The number of rotatable bonds is 4. The highest BCUT2D eigenvalue weighted by Crippen LogP contribution is 2.18. The predicted octanol–water partition coefficient (Wildman–Crippen LogP) is 1.75. The van der Waals surface area contributed by atoms with Crippen LogP contribution < -0.4 is 5.73 Å². The Hall–Kier alpha value is -2.18. The van der Waals surface area contributed by atoms with Gasteiger partial charge in [0.2, 0.25) is 0 Å². The maximum absolute atomic E-state index is 6.14. The van der Waals surface area contributed by atoms with Gasteiger partial charge in [-0.05, 0) is 23.8 Å². The maximum atomic E-state index is 6.14. The molecular formula is C13H13ClN6. The number of benzene rings is 1. The van der Waals surface area contributed by atoms with Crippen molar-refractivity contribution in [1.29, 1.82) is 0 Å². The molecule has 1 atom stereocenters. The number of hydrogen-bond donors (Lipinski definition) is 2. The number of nitrogens with zero attached hydrogens (tertiary/aromatic N) is 4. The van der Waals surface area contributed by atoms with Gasteiger partial charge >= 0.3 is 0 Å². The van der Waals surface area contributed by atoms with E-state index in [1.54, 1.807) is 23.0 Å². The molecule has 102 valence electrons. The van der Waals surface area contributed by atoms with E-state index in [-0.39, 0.29) is 6.04 Å². The molecule has 0 aliphatic carbocycles. The standard InChI is InChI=1S/C13H13ClN6/c14-10-4-2-9(3-5-10)12(15)13-17-11(18-19-13)8-20-7-1-6-16-20/h1-7,12H,8,15H2,(H,17,18,19)/t12-/m1/s1. The van der Waals surface area contributed by atoms with Crippen LogP contribution in [0.4, 0.5) is 0 Å². The number of aromatic amines is 1. The molecule has 0 spiro atoms. The fourth-order valence-electron chi connectivity index (χ4n) is 1.89. The number of nitrogens with one attached hydrogen (secondary N) is 1. The second kappa shape index (κ2) is 5.44. The second-order valence-electron chi connectivity index (χ2n) is 4.37. The van der Waals surface area contributed by atoms with Gasteiger partial charge in [0.1, 0.15) is 12.4 Å². The average molecular weight is 289 g/mol. The van der Waals surface area contributed by atoms with E-state index in [9.17, 15) is 0 Å². The zero-order valence-electron chi connectivity index (χ0n) is 10.6. The summed E-state index contributed by atoms with van der Waals surface area (Å²) in [6.45, 7) is 0.535. The molecule has 3 N–H and O–H groups in total. The summed E-state index contributed by atoms with van der Waals surface area (Å²) in [5.74, 6) is 1.27. The lowest BCUT2D eigenvalue weighted by Gasteiger charge is -2.07. The quantitative estimate of drug-likeness (QED) is 0.766. The van der Waals surface area contributed by atoms with Gasteiger partial charge in [0, 0.05) is 17.4 Å². The first-order valence-electron chi connectivity index (χ1n) is 6.12. The number of nitrogens with two attached hydrogens (primary N) is 1. The Labute approximate surface area is 120 Å². The van der Waals surface area contributed by atoms with Gasteiger partial charge in [0.25, 0.3) is 0 Å². The van der Waals surface area contributed by atoms with Gasteiger partial charge in [0.15, 0.2) is 5.82 Å². The minimum atomic E-state index is -0.380. The van der Waals surface area contributed by atoms with Crippen LogP contribution in [-0.4, -0.2) is 25.0 Å². The molecule has 0 aliphatic heterocycles. The molecule has 2 aromatic heterocycles. The molecule has 3 aromatic rings. The summed E-state index contributed by atoms with van der Waals surface area (Å²) in [4.78, 5) is 4.40. The van der Waals surface area contributed by atoms with Crippen molar-refractivity contribution in [2.45, 2.75) is 12.6 Å². The summed E-state index contributed by atoms with van der Waals surface area (Å²) in [5, 5.41) is 11.8. The van der Waals surface area contributed by atoms with Gasteiger partial charge in [-0.2, -0.15) is 10.2 Å². The Kier molecular flexibility index (Phi) is 3.49. The first-order chi connectivity index (χ1) is 9.72. The largest absolute Gasteiger partial charge is 0.318 e. The number of aromatic nitrogens is 5. The molecule has 6 nitrogen and oxygen atoms in total. The fraction of sp³-hybridized carbons (Fsp3) is 0.154. The fourth-order valence-corrected chi connectivity index (χ4v) is 2.01. The van der Waals surface area contributed by atoms with Gasteiger partial charge in [-0.15, -0.1) is 0 Å². The Balaban J connectivity index is 1.77. The number of H-pyrrole nitrogens is 1. The SMILES string of the molecule is N[C@H](c1ccc(Cl)cc1)c1n[nH]c(Cn2cccn2)n1. The Morgan fingerprint density at radius 3 is 2.80 bits per heavy atom. The predicted molar refractivity (Wildman–Crippen MR) is 75.2 cm³/mol. The lowest BCUT2D eigenvalue weighted by Crippen LogP contribution is -2.13. The van der Waals surface area contributed by atoms with Crippen LogP contribution in [0.5, 0.6) is 0 Å². The van der Waals surface area contributed by atoms with Crippen molar-refractivity contribution >= 4 is 11.6 Å². The zero-order valence-corrected chi connectivity index (χ0v) is 11.3. The number of halogens is 1. The van der Waals surface area contributed by atoms with E-state index in [0.29, 0.717) is 23.2 Å². The first-order valence-corrected chi connectivity index (χ1v) is 6.50. The molecule has 3 rings (SSSR count). The molecule has 0 fully saturated rings. The van der Waals surface area contributed by atoms with E-state index in [1.165, 1.54) is 0 Å². The molecule has 0 amide bonds. The smallest absolute Gasteiger partial charge is 0.171 e. The van der Waals surface area contributed by atoms with Crippen LogP contribution in [-0.2, 0) is 6.54 Å². The minimum Gasteiger partial charge on any atom is -0.318 e. The monoisotopic (exact) mass is 288 g/mol. The first kappa shape index (κ1) is 12.8. The van der Waals surface area contributed by atoms with E-state index in [0.717, 1.165) is 5.56 Å². The van der Waals surface area contributed by atoms with Gasteiger partial charge in [-0.25, -0.2) is 4.98 Å². The van der Waals surface area contributed by atoms with Gasteiger partial charge in [-0.3, -0.25) is 9.78 Å². The highest BCUT2D eigenvalue weighted by atomic mass is 35.5. The summed E-state index contributed by atoms with van der Waals surface area (Å²) in [6, 6.07) is 8.82. The third kappa shape index (κ3) is 2.71. The van der Waals surface area contributed by atoms with Crippen molar-refractivity contribution in [1.82, 2.24) is 25.0 Å². The van der Waals surface area contributed by atoms with Crippen LogP contribution in [0.2, 0.25) is 5.02 Å². The highest BCUT2D eigenvalue weighted by Gasteiger charge is 2.14. The molecule has 0 aliphatic rings. The van der Waals surface area contributed by atoms with E-state index in [4.69, 9.17) is 17.3 Å². The second-order valence-corrected chi connectivity index (χ2v) is 4.81. The zero-order chi connectivity index (χ0) is 13.9. The molecule has 2 heterocycles. The Morgan fingerprint density at radius 1 is 1.30 bits per heavy atom. The van der Waals surface area contributed by atoms with Gasteiger partial charge < -0.3 is 5.73 Å². The molecule has 0 bridgehead atoms. The lowest BCUT2D eigenvalue weighted by atomic mass is 10.1. The van der Waals surface area contributed by atoms with Crippen molar-refractivity contribution < 1.29 is 0 Å². The molecule has 1 aromatic carbocycles. The van der Waals surface area contributed by atoms with Crippen molar-refractivity contribution in [2.24, 2.45) is 5.73 Å². The van der Waals surface area contributed by atoms with Crippen LogP contribution in [0.3, 0.4) is 0 Å². The highest BCUT2D eigenvalue weighted by molar-refractivity contribution is 6.30. The van der Waals surface area contributed by atoms with E-state index >= 15 is 0 Å². The van der Waals surface area contributed by atoms with Crippen LogP contribution in [0.25, 0.3) is 0 Å². The summed E-state index contributed by atoms with van der Waals surface area (Å²) in [7, 11) is 0. The van der Waals surface area contributed by atoms with Crippen molar-refractivity contribution in [2.75, 3.05) is 0 Å². The van der Waals surface area contributed by atoms with Gasteiger partial charge in [-0.1, -0.05) is 23.7 Å². The molecular weight excluding hydrogens is 276 g/mol. The van der Waals surface area contributed by atoms with Crippen molar-refractivity contribution in [3.63, 3.8) is 0 Å².